The van der Waals surface area contributed by atoms with Crippen LogP contribution in [0.25, 0.3) is 143 Å². The monoisotopic (exact) mass is 2320 g/mol. The van der Waals surface area contributed by atoms with Gasteiger partial charge in [-0.1, -0.05) is 196 Å². The Morgan fingerprint density at radius 2 is 0.607 bits per heavy atom. The van der Waals surface area contributed by atoms with Gasteiger partial charge in [-0.05, 0) is 122 Å². The van der Waals surface area contributed by atoms with Crippen LogP contribution in [0.2, 0.25) is 0 Å². The Morgan fingerprint density at radius 3 is 0.836 bits per heavy atom. The summed E-state index contributed by atoms with van der Waals surface area (Å²) in [5, 5.41) is 40.0. The molecular weight excluding hydrogens is 2230 g/mol. The van der Waals surface area contributed by atoms with Crippen molar-refractivity contribution in [2.75, 3.05) is 0 Å². The Kier molecular flexibility index (Phi) is 39.8. The van der Waals surface area contributed by atoms with Crippen molar-refractivity contribution >= 4 is 104 Å². The van der Waals surface area contributed by atoms with E-state index in [9.17, 15) is 8.78 Å². The molecule has 5 heterocycles. The Labute approximate surface area is 763 Å². The van der Waals surface area contributed by atoms with Crippen LogP contribution in [0, 0.1) is 30.3 Å². The molecule has 0 saturated heterocycles. The van der Waals surface area contributed by atoms with Gasteiger partial charge in [0, 0.05) is 115 Å². The molecule has 17 heteroatoms. The van der Waals surface area contributed by atoms with Gasteiger partial charge in [-0.15, -0.1) is 179 Å². The van der Waals surface area contributed by atoms with Crippen molar-refractivity contribution in [3.63, 3.8) is 0 Å². The Bertz CT molecular complexity index is 5860. The number of aliphatic hydroxyl groups excluding tert-OH is 3. The van der Waals surface area contributed by atoms with Crippen molar-refractivity contribution in [3.05, 3.63) is 406 Å². The molecule has 0 amide bonds. The first-order chi connectivity index (χ1) is 57.5. The second kappa shape index (κ2) is 50.1. The molecule has 18 rings (SSSR count). The molecule has 6 N–H and O–H groups in total. The van der Waals surface area contributed by atoms with Crippen molar-refractivity contribution in [3.8, 4) is 56.3 Å². The van der Waals surface area contributed by atoms with E-state index in [-0.39, 0.29) is 97.7 Å². The van der Waals surface area contributed by atoms with E-state index >= 15 is 0 Å². The molecule has 0 fully saturated rings. The van der Waals surface area contributed by atoms with Crippen LogP contribution in [0.3, 0.4) is 0 Å². The number of fused-ring (bicyclic) bond motifs is 12. The molecule has 0 saturated carbocycles. The molecule has 4 radical (unpaired) electrons. The predicted octanol–water partition coefficient (Wildman–Crippen LogP) is 26.8. The summed E-state index contributed by atoms with van der Waals surface area (Å²) >= 11 is 0. The summed E-state index contributed by atoms with van der Waals surface area (Å²) in [6, 6.07) is 127. The van der Waals surface area contributed by atoms with Crippen LogP contribution < -0.4 is 0 Å². The van der Waals surface area contributed by atoms with Gasteiger partial charge in [0.15, 0.2) is 0 Å². The summed E-state index contributed by atoms with van der Waals surface area (Å²) in [5.41, 5.74) is 14.1. The molecular formula is C105H87F2Ir4N5O6-2. The first kappa shape index (κ1) is 96.9. The molecule has 0 aliphatic carbocycles. The average molecular weight is 2320 g/mol. The number of aliphatic hydroxyl groups is 3. The van der Waals surface area contributed by atoms with Crippen LogP contribution in [0.1, 0.15) is 60.3 Å². The van der Waals surface area contributed by atoms with E-state index in [4.69, 9.17) is 49.6 Å². The van der Waals surface area contributed by atoms with E-state index in [2.05, 4.69) is 229 Å². The third-order valence-electron chi connectivity index (χ3n) is 18.3. The van der Waals surface area contributed by atoms with Gasteiger partial charge in [-0.25, -0.2) is 0 Å². The second-order valence-electron chi connectivity index (χ2n) is 27.0. The Hall–Kier alpha value is -12.2. The number of benzene rings is 13. The molecule has 0 spiro atoms. The summed E-state index contributed by atoms with van der Waals surface area (Å²) in [6.45, 7) is 7.56. The fraction of sp³-hybridized carbons (Fsp3) is 0.0857. The summed E-state index contributed by atoms with van der Waals surface area (Å²) in [4.78, 5) is 48.9. The molecule has 13 aromatic carbocycles. The number of hydrogen-bond donors (Lipinski definition) is 3. The van der Waals surface area contributed by atoms with Gasteiger partial charge >= 0.3 is 17.3 Å². The predicted molar refractivity (Wildman–Crippen MR) is 484 cm³/mol. The number of pyridine rings is 5. The van der Waals surface area contributed by atoms with Crippen LogP contribution >= 0.6 is 0 Å². The van der Waals surface area contributed by atoms with Gasteiger partial charge in [0.05, 0.1) is 48.4 Å². The normalized spacial score (nSPS) is 10.7. The van der Waals surface area contributed by atoms with E-state index in [0.717, 1.165) is 105 Å². The standard InChI is InChI=1S/4C19H12N.C11H8N.C9H16O2.C5H7FO2.C4H5FO2.4Ir/c4*1-2-7-15(8-3-1)18-13-11-17-16-9-5-4-6-14(16)10-12-19(17)20-18;1-2-6-10(7-3-1)11-8-4-5-9-12-11;1-3-5-8(10)7-9(11)6-4-2;1-3(7)5(6)4(2)8;1-3(6)2-4(5)7;;;;/h4*1-7,9-13H;1-6,8-9H;7,10H,3-6H2,1-2H3;7H,1-2H3;2,7H,1H3;;;;/q5*-1;;;;;;;/p+3. The van der Waals surface area contributed by atoms with Gasteiger partial charge in [-0.3, -0.25) is 34.3 Å². The topological polar surface area (TPSA) is 189 Å². The third-order valence-corrected chi connectivity index (χ3v) is 18.3. The smallest absolute Gasteiger partial charge is 0.352 e. The zero-order chi connectivity index (χ0) is 83.0. The number of carbonyl (C=O) groups excluding carboxylic acids is 3. The summed E-state index contributed by atoms with van der Waals surface area (Å²) in [7, 11) is 0. The zero-order valence-corrected chi connectivity index (χ0v) is 76.9. The number of rotatable bonds is 12. The van der Waals surface area contributed by atoms with E-state index in [0.29, 0.717) is 18.9 Å². The molecule has 122 heavy (non-hydrogen) atoms. The first-order valence-electron chi connectivity index (χ1n) is 38.5. The summed E-state index contributed by atoms with van der Waals surface area (Å²) in [6.07, 6.45) is 6.95. The van der Waals surface area contributed by atoms with Crippen LogP contribution in [0.5, 0.6) is 0 Å². The number of ketones is 3. The van der Waals surface area contributed by atoms with Gasteiger partial charge in [0.1, 0.15) is 17.6 Å². The van der Waals surface area contributed by atoms with Crippen molar-refractivity contribution in [1.29, 1.82) is 0 Å². The van der Waals surface area contributed by atoms with Gasteiger partial charge in [0.25, 0.3) is 11.8 Å². The van der Waals surface area contributed by atoms with E-state index in [1.807, 2.05) is 153 Å². The maximum absolute atomic E-state index is 12.0. The minimum atomic E-state index is -1.37. The maximum atomic E-state index is 12.0. The van der Waals surface area contributed by atoms with Gasteiger partial charge < -0.3 is 20.3 Å². The summed E-state index contributed by atoms with van der Waals surface area (Å²) in [5.74, 6) is -1.64. The molecule has 5 aromatic heterocycles. The molecule has 18 aromatic rings. The van der Waals surface area contributed by atoms with Crippen LogP contribution in [-0.4, -0.2) is 72.0 Å². The number of halogens is 2. The second-order valence-corrected chi connectivity index (χ2v) is 27.0. The van der Waals surface area contributed by atoms with Crippen LogP contribution in [0.15, 0.2) is 375 Å². The van der Waals surface area contributed by atoms with Crippen molar-refractivity contribution in [1.82, 2.24) is 24.9 Å². The fourth-order valence-corrected chi connectivity index (χ4v) is 12.7. The molecule has 620 valence electrons. The van der Waals surface area contributed by atoms with E-state index in [1.165, 1.54) is 77.6 Å². The van der Waals surface area contributed by atoms with Crippen molar-refractivity contribution in [2.45, 2.75) is 60.3 Å². The maximum Gasteiger partial charge on any atom is 0.352 e. The van der Waals surface area contributed by atoms with Gasteiger partial charge in [-0.2, -0.15) is 8.78 Å². The fourth-order valence-electron chi connectivity index (χ4n) is 12.7. The Balaban J connectivity index is 0.000000196. The van der Waals surface area contributed by atoms with Gasteiger partial charge in [0.2, 0.25) is 0 Å². The number of allylic oxidation sites excluding steroid dienone is 5. The minimum Gasteiger partial charge on any atom is -0.512 e. The van der Waals surface area contributed by atoms with Crippen LogP contribution in [-0.2, 0) is 80.4 Å². The quantitative estimate of drug-likeness (QED) is 0.0354. The van der Waals surface area contributed by atoms with E-state index < -0.39 is 23.4 Å². The first-order valence-corrected chi connectivity index (χ1v) is 38.5. The molecule has 11 nitrogen and oxygen atoms in total. The van der Waals surface area contributed by atoms with Crippen molar-refractivity contribution in [2.24, 2.45) is 0 Å². The molecule has 0 aliphatic rings. The number of aromatic nitrogens is 5. The molecule has 0 atom stereocenters. The zero-order valence-electron chi connectivity index (χ0n) is 67.3. The Morgan fingerprint density at radius 1 is 0.320 bits per heavy atom. The number of nitrogens with zero attached hydrogens (tertiary/aromatic N) is 5. The molecule has 0 aliphatic heterocycles. The summed E-state index contributed by atoms with van der Waals surface area (Å²) < 4.78 is 23.2. The molecule has 0 bridgehead atoms. The average Bonchev–Trinajstić information content (AvgIpc) is 0.799. The largest absolute Gasteiger partial charge is 0.512 e. The number of hydrogen-bond acceptors (Lipinski definition) is 8. The van der Waals surface area contributed by atoms with E-state index in [1.54, 1.807) is 6.20 Å². The third kappa shape index (κ3) is 27.9. The van der Waals surface area contributed by atoms with Crippen molar-refractivity contribution < 1.29 is 119 Å². The minimum absolute atomic E-state index is 0. The molecule has 0 unspecified atom stereocenters. The SMILES string of the molecule is CC(=[OH+])C(F)=C(C)O.CC(=[OH+])C=C(O)F.CCCC(=[OH+])C=C(O)CCC.[Ir].[Ir].[Ir].[Ir].[c-]1ccccc1-c1ccc2c(ccc3ccccc32)n1.[c-]1ccccc1-c1ccc2c(ccc3ccccc32)n1.[c-]1ccccc1-c1ccc2c(ccc3ccccc32)n1.[c-]1ccccc1-c1ccc2c(ccc3ccccc32)n1.[c-]1ccccc1-c1ccccn1. The van der Waals surface area contributed by atoms with Crippen LogP contribution in [0.4, 0.5) is 8.78 Å².